The van der Waals surface area contributed by atoms with Crippen LogP contribution < -0.4 is 16.0 Å². The summed E-state index contributed by atoms with van der Waals surface area (Å²) in [6.45, 7) is 6.68. The van der Waals surface area contributed by atoms with Crippen LogP contribution in [0.25, 0.3) is 11.1 Å². The Morgan fingerprint density at radius 1 is 0.971 bits per heavy atom. The predicted octanol–water partition coefficient (Wildman–Crippen LogP) is 4.28. The molecule has 0 fully saturated rings. The number of aromatic nitrogens is 2. The molecule has 2 aromatic heterocycles. The number of rotatable bonds is 9. The number of anilines is 3. The average Bonchev–Trinajstić information content (AvgIpc) is 3.26. The molecule has 0 aliphatic rings. The SMILES string of the molecule is COCCOCC(=O)Nc1ccc(-c2cccc(NC(=O)Nc3cc(C(C)(C)C)on3)c2)cn1. The maximum atomic E-state index is 12.4. The van der Waals surface area contributed by atoms with E-state index in [0.29, 0.717) is 36.3 Å². The van der Waals surface area contributed by atoms with E-state index in [1.165, 1.54) is 0 Å². The lowest BCUT2D eigenvalue weighted by Gasteiger charge is -2.12. The van der Waals surface area contributed by atoms with E-state index in [4.69, 9.17) is 14.0 Å². The number of ether oxygens (including phenoxy) is 2. The Morgan fingerprint density at radius 3 is 2.47 bits per heavy atom. The Hall–Kier alpha value is -3.76. The summed E-state index contributed by atoms with van der Waals surface area (Å²) in [5.74, 6) is 1.13. The van der Waals surface area contributed by atoms with E-state index >= 15 is 0 Å². The summed E-state index contributed by atoms with van der Waals surface area (Å²) in [7, 11) is 1.57. The minimum absolute atomic E-state index is 0.0750. The van der Waals surface area contributed by atoms with Crippen molar-refractivity contribution in [3.8, 4) is 11.1 Å². The summed E-state index contributed by atoms with van der Waals surface area (Å²) in [5.41, 5.74) is 2.06. The van der Waals surface area contributed by atoms with Gasteiger partial charge in [0.1, 0.15) is 18.2 Å². The van der Waals surface area contributed by atoms with E-state index in [2.05, 4.69) is 26.1 Å². The molecule has 0 aliphatic heterocycles. The van der Waals surface area contributed by atoms with Crippen molar-refractivity contribution in [1.82, 2.24) is 10.1 Å². The third kappa shape index (κ3) is 7.39. The third-order valence-electron chi connectivity index (χ3n) is 4.64. The monoisotopic (exact) mass is 467 g/mol. The number of urea groups is 1. The Bertz CT molecular complexity index is 1110. The summed E-state index contributed by atoms with van der Waals surface area (Å²) < 4.78 is 15.3. The molecule has 0 saturated carbocycles. The molecule has 0 atom stereocenters. The number of carbonyl (C=O) groups is 2. The van der Waals surface area contributed by atoms with Crippen LogP contribution >= 0.6 is 0 Å². The molecule has 3 rings (SSSR count). The highest BCUT2D eigenvalue weighted by Crippen LogP contribution is 2.25. The van der Waals surface area contributed by atoms with Gasteiger partial charge in [0.25, 0.3) is 5.91 Å². The van der Waals surface area contributed by atoms with Gasteiger partial charge in [-0.3, -0.25) is 10.1 Å². The van der Waals surface area contributed by atoms with E-state index in [1.54, 1.807) is 31.5 Å². The summed E-state index contributed by atoms with van der Waals surface area (Å²) >= 11 is 0. The molecule has 3 aromatic rings. The predicted molar refractivity (Wildman–Crippen MR) is 129 cm³/mol. The highest BCUT2D eigenvalue weighted by Gasteiger charge is 2.20. The molecular weight excluding hydrogens is 438 g/mol. The molecule has 0 saturated heterocycles. The second-order valence-corrected chi connectivity index (χ2v) is 8.51. The van der Waals surface area contributed by atoms with Crippen LogP contribution in [0, 0.1) is 0 Å². The van der Waals surface area contributed by atoms with Crippen LogP contribution in [0.5, 0.6) is 0 Å². The molecule has 3 N–H and O–H groups in total. The maximum absolute atomic E-state index is 12.4. The fourth-order valence-corrected chi connectivity index (χ4v) is 2.87. The van der Waals surface area contributed by atoms with Crippen molar-refractivity contribution in [2.24, 2.45) is 0 Å². The molecule has 10 heteroatoms. The quantitative estimate of drug-likeness (QED) is 0.401. The van der Waals surface area contributed by atoms with Crippen molar-refractivity contribution in [2.75, 3.05) is 42.9 Å². The van der Waals surface area contributed by atoms with Crippen LogP contribution in [0.4, 0.5) is 22.1 Å². The molecule has 180 valence electrons. The molecule has 0 spiro atoms. The Kier molecular flexibility index (Phi) is 8.34. The van der Waals surface area contributed by atoms with Gasteiger partial charge in [0.2, 0.25) is 0 Å². The van der Waals surface area contributed by atoms with Crippen LogP contribution in [0.2, 0.25) is 0 Å². The first-order chi connectivity index (χ1) is 16.2. The molecule has 1 aromatic carbocycles. The van der Waals surface area contributed by atoms with Crippen molar-refractivity contribution in [2.45, 2.75) is 26.2 Å². The molecule has 0 aliphatic carbocycles. The largest absolute Gasteiger partial charge is 0.382 e. The number of hydrogen-bond donors (Lipinski definition) is 3. The highest BCUT2D eigenvalue weighted by atomic mass is 16.5. The van der Waals surface area contributed by atoms with E-state index in [9.17, 15) is 9.59 Å². The number of nitrogens with one attached hydrogen (secondary N) is 3. The van der Waals surface area contributed by atoms with Crippen LogP contribution in [-0.2, 0) is 19.7 Å². The van der Waals surface area contributed by atoms with Crippen LogP contribution in [0.15, 0.2) is 53.2 Å². The number of hydrogen-bond acceptors (Lipinski definition) is 7. The maximum Gasteiger partial charge on any atom is 0.324 e. The van der Waals surface area contributed by atoms with Crippen molar-refractivity contribution in [3.63, 3.8) is 0 Å². The molecule has 34 heavy (non-hydrogen) atoms. The van der Waals surface area contributed by atoms with E-state index < -0.39 is 6.03 Å². The van der Waals surface area contributed by atoms with Gasteiger partial charge in [0, 0.05) is 36.0 Å². The van der Waals surface area contributed by atoms with Crippen molar-refractivity contribution in [3.05, 3.63) is 54.4 Å². The second-order valence-electron chi connectivity index (χ2n) is 8.51. The summed E-state index contributed by atoms with van der Waals surface area (Å²) in [6, 6.07) is 12.1. The summed E-state index contributed by atoms with van der Waals surface area (Å²) in [5, 5.41) is 12.0. The van der Waals surface area contributed by atoms with Gasteiger partial charge < -0.3 is 24.6 Å². The third-order valence-corrected chi connectivity index (χ3v) is 4.64. The Balaban J connectivity index is 1.56. The van der Waals surface area contributed by atoms with Crippen molar-refractivity contribution >= 4 is 29.3 Å². The molecule has 0 radical (unpaired) electrons. The van der Waals surface area contributed by atoms with E-state index in [-0.39, 0.29) is 17.9 Å². The molecule has 0 unspecified atom stereocenters. The first kappa shape index (κ1) is 24.9. The van der Waals surface area contributed by atoms with Crippen LogP contribution in [0.3, 0.4) is 0 Å². The number of carbonyl (C=O) groups excluding carboxylic acids is 2. The van der Waals surface area contributed by atoms with Crippen molar-refractivity contribution < 1.29 is 23.6 Å². The van der Waals surface area contributed by atoms with Gasteiger partial charge >= 0.3 is 6.03 Å². The lowest BCUT2D eigenvalue weighted by molar-refractivity contribution is -0.121. The summed E-state index contributed by atoms with van der Waals surface area (Å²) in [4.78, 5) is 28.5. The van der Waals surface area contributed by atoms with Gasteiger partial charge in [-0.1, -0.05) is 38.1 Å². The zero-order valence-corrected chi connectivity index (χ0v) is 19.7. The Labute approximate surface area is 198 Å². The molecule has 0 bridgehead atoms. The lowest BCUT2D eigenvalue weighted by Crippen LogP contribution is -2.20. The number of nitrogens with zero attached hydrogens (tertiary/aromatic N) is 2. The first-order valence-corrected chi connectivity index (χ1v) is 10.7. The van der Waals surface area contributed by atoms with Crippen LogP contribution in [-0.4, -0.2) is 49.0 Å². The van der Waals surface area contributed by atoms with Crippen LogP contribution in [0.1, 0.15) is 26.5 Å². The standard InChI is InChI=1S/C24H29N5O5/c1-24(2,3)19-13-21(29-34-19)28-23(31)26-18-7-5-6-16(12-18)17-8-9-20(25-14-17)27-22(30)15-33-11-10-32-4/h5-9,12-14H,10-11,15H2,1-4H3,(H,25,27,30)(H2,26,28,29,31). The smallest absolute Gasteiger partial charge is 0.324 e. The number of benzene rings is 1. The van der Waals surface area contributed by atoms with Gasteiger partial charge in [0.05, 0.1) is 13.2 Å². The number of methoxy groups -OCH3 is 1. The molecular formula is C24H29N5O5. The normalized spacial score (nSPS) is 11.2. The zero-order valence-electron chi connectivity index (χ0n) is 19.7. The fourth-order valence-electron chi connectivity index (χ4n) is 2.87. The minimum atomic E-state index is -0.435. The highest BCUT2D eigenvalue weighted by molar-refractivity contribution is 5.99. The van der Waals surface area contributed by atoms with Gasteiger partial charge in [-0.05, 0) is 29.8 Å². The number of pyridine rings is 1. The fraction of sp³-hybridized carbons (Fsp3) is 0.333. The lowest BCUT2D eigenvalue weighted by atomic mass is 9.93. The molecule has 2 heterocycles. The Morgan fingerprint density at radius 2 is 1.79 bits per heavy atom. The van der Waals surface area contributed by atoms with Gasteiger partial charge in [-0.2, -0.15) is 0 Å². The minimum Gasteiger partial charge on any atom is -0.382 e. The average molecular weight is 468 g/mol. The zero-order chi connectivity index (χ0) is 24.6. The second kappa shape index (κ2) is 11.4. The number of amides is 3. The van der Waals surface area contributed by atoms with Gasteiger partial charge in [-0.25, -0.2) is 9.78 Å². The van der Waals surface area contributed by atoms with E-state index in [1.807, 2.05) is 45.0 Å². The molecule has 10 nitrogen and oxygen atoms in total. The van der Waals surface area contributed by atoms with Gasteiger partial charge in [-0.15, -0.1) is 0 Å². The van der Waals surface area contributed by atoms with Gasteiger partial charge in [0.15, 0.2) is 5.82 Å². The topological polar surface area (TPSA) is 128 Å². The van der Waals surface area contributed by atoms with E-state index in [0.717, 1.165) is 11.1 Å². The van der Waals surface area contributed by atoms with Crippen molar-refractivity contribution in [1.29, 1.82) is 0 Å². The first-order valence-electron chi connectivity index (χ1n) is 10.7. The summed E-state index contributed by atoms with van der Waals surface area (Å²) in [6.07, 6.45) is 1.64. The molecule has 3 amide bonds.